The summed E-state index contributed by atoms with van der Waals surface area (Å²) >= 11 is 0. The highest BCUT2D eigenvalue weighted by molar-refractivity contribution is 5.31. The van der Waals surface area contributed by atoms with Gasteiger partial charge < -0.3 is 5.32 Å². The summed E-state index contributed by atoms with van der Waals surface area (Å²) in [6, 6.07) is 3.46. The summed E-state index contributed by atoms with van der Waals surface area (Å²) in [6.45, 7) is 2.06. The molecular weight excluding hydrogens is 246 g/mol. The van der Waals surface area contributed by atoms with Gasteiger partial charge in [-0.25, -0.2) is 4.39 Å². The van der Waals surface area contributed by atoms with E-state index in [1.807, 2.05) is 0 Å². The van der Waals surface area contributed by atoms with Gasteiger partial charge in [0.2, 0.25) is 0 Å². The molecule has 1 saturated heterocycles. The Morgan fingerprint density at radius 1 is 1.28 bits per heavy atom. The Kier molecular flexibility index (Phi) is 3.61. The van der Waals surface area contributed by atoms with Gasteiger partial charge in [-0.1, -0.05) is 12.1 Å². The van der Waals surface area contributed by atoms with Gasteiger partial charge in [-0.05, 0) is 43.5 Å². The fourth-order valence-electron chi connectivity index (χ4n) is 2.53. The zero-order chi connectivity index (χ0) is 13.3. The molecule has 1 nitrogen and oxygen atoms in total. The number of rotatable bonds is 1. The number of halogens is 4. The highest BCUT2D eigenvalue weighted by Crippen LogP contribution is 2.42. The van der Waals surface area contributed by atoms with Crippen molar-refractivity contribution in [3.8, 4) is 0 Å². The van der Waals surface area contributed by atoms with Crippen LogP contribution in [0.1, 0.15) is 30.0 Å². The summed E-state index contributed by atoms with van der Waals surface area (Å²) in [5.74, 6) is -1.90. The van der Waals surface area contributed by atoms with E-state index in [2.05, 4.69) is 5.32 Å². The Bertz CT molecular complexity index is 427. The Morgan fingerprint density at radius 2 is 2.00 bits per heavy atom. The van der Waals surface area contributed by atoms with Gasteiger partial charge in [-0.15, -0.1) is 0 Å². The first-order chi connectivity index (χ1) is 8.41. The molecule has 1 aliphatic heterocycles. The third-order valence-corrected chi connectivity index (χ3v) is 3.52. The molecule has 1 heterocycles. The lowest BCUT2D eigenvalue weighted by Gasteiger charge is -2.35. The van der Waals surface area contributed by atoms with E-state index in [-0.39, 0.29) is 6.42 Å². The van der Waals surface area contributed by atoms with E-state index in [4.69, 9.17) is 0 Å². The van der Waals surface area contributed by atoms with E-state index in [0.29, 0.717) is 24.1 Å². The SMILES string of the molecule is Cc1c(F)cccc1C1NCCCC1C(F)(F)F. The minimum atomic E-state index is -4.25. The molecular formula is C13H15F4N. The van der Waals surface area contributed by atoms with Crippen LogP contribution in [-0.2, 0) is 0 Å². The minimum Gasteiger partial charge on any atom is -0.309 e. The molecule has 0 saturated carbocycles. The summed E-state index contributed by atoms with van der Waals surface area (Å²) in [7, 11) is 0. The van der Waals surface area contributed by atoms with Crippen LogP contribution in [0, 0.1) is 18.7 Å². The monoisotopic (exact) mass is 261 g/mol. The van der Waals surface area contributed by atoms with Gasteiger partial charge >= 0.3 is 6.18 Å². The van der Waals surface area contributed by atoms with E-state index in [1.54, 1.807) is 6.07 Å². The predicted octanol–water partition coefficient (Wildman–Crippen LogP) is 3.74. The second-order valence-corrected chi connectivity index (χ2v) is 4.68. The zero-order valence-corrected chi connectivity index (χ0v) is 10.0. The number of hydrogen-bond donors (Lipinski definition) is 1. The maximum Gasteiger partial charge on any atom is 0.393 e. The highest BCUT2D eigenvalue weighted by Gasteiger charge is 2.46. The lowest BCUT2D eigenvalue weighted by molar-refractivity contribution is -0.189. The van der Waals surface area contributed by atoms with Crippen LogP contribution in [0.25, 0.3) is 0 Å². The average molecular weight is 261 g/mol. The normalized spacial score (nSPS) is 25.2. The molecule has 100 valence electrons. The highest BCUT2D eigenvalue weighted by atomic mass is 19.4. The van der Waals surface area contributed by atoms with Crippen LogP contribution in [0.3, 0.4) is 0 Å². The lowest BCUT2D eigenvalue weighted by atomic mass is 9.84. The number of benzene rings is 1. The molecule has 0 spiro atoms. The molecule has 1 aliphatic rings. The molecule has 1 aromatic rings. The van der Waals surface area contributed by atoms with Crippen molar-refractivity contribution >= 4 is 0 Å². The molecule has 2 rings (SSSR count). The van der Waals surface area contributed by atoms with Gasteiger partial charge in [0.15, 0.2) is 0 Å². The molecule has 1 N–H and O–H groups in total. The van der Waals surface area contributed by atoms with Crippen LogP contribution in [0.15, 0.2) is 18.2 Å². The standard InChI is InChI=1S/C13H15F4N/c1-8-9(4-2-6-11(8)14)12-10(13(15,16)17)5-3-7-18-12/h2,4,6,10,12,18H,3,5,7H2,1H3. The first-order valence-corrected chi connectivity index (χ1v) is 5.96. The molecule has 0 aromatic heterocycles. The van der Waals surface area contributed by atoms with Crippen LogP contribution < -0.4 is 5.32 Å². The minimum absolute atomic E-state index is 0.0944. The summed E-state index contributed by atoms with van der Waals surface area (Å²) in [5.41, 5.74) is 0.711. The molecule has 1 fully saturated rings. The van der Waals surface area contributed by atoms with Gasteiger partial charge in [0.1, 0.15) is 5.82 Å². The van der Waals surface area contributed by atoms with Crippen molar-refractivity contribution in [3.63, 3.8) is 0 Å². The van der Waals surface area contributed by atoms with Gasteiger partial charge in [0, 0.05) is 6.04 Å². The van der Waals surface area contributed by atoms with E-state index in [1.165, 1.54) is 19.1 Å². The van der Waals surface area contributed by atoms with Gasteiger partial charge in [-0.3, -0.25) is 0 Å². The second-order valence-electron chi connectivity index (χ2n) is 4.68. The van der Waals surface area contributed by atoms with Crippen LogP contribution in [0.4, 0.5) is 17.6 Å². The smallest absolute Gasteiger partial charge is 0.309 e. The van der Waals surface area contributed by atoms with E-state index in [9.17, 15) is 17.6 Å². The molecule has 0 aliphatic carbocycles. The van der Waals surface area contributed by atoms with E-state index in [0.717, 1.165) is 0 Å². The van der Waals surface area contributed by atoms with Gasteiger partial charge in [0.05, 0.1) is 5.92 Å². The molecule has 5 heteroatoms. The third kappa shape index (κ3) is 2.51. The van der Waals surface area contributed by atoms with Crippen LogP contribution in [0.5, 0.6) is 0 Å². The number of piperidine rings is 1. The summed E-state index contributed by atoms with van der Waals surface area (Å²) < 4.78 is 52.4. The fourth-order valence-corrected chi connectivity index (χ4v) is 2.53. The maximum absolute atomic E-state index is 13.4. The molecule has 0 amide bonds. The van der Waals surface area contributed by atoms with Gasteiger partial charge in [0.25, 0.3) is 0 Å². The Hall–Kier alpha value is -1.10. The topological polar surface area (TPSA) is 12.0 Å². The first-order valence-electron chi connectivity index (χ1n) is 5.96. The average Bonchev–Trinajstić information content (AvgIpc) is 2.32. The van der Waals surface area contributed by atoms with Crippen molar-refractivity contribution in [2.45, 2.75) is 32.0 Å². The number of alkyl halides is 3. The zero-order valence-electron chi connectivity index (χ0n) is 10.0. The van der Waals surface area contributed by atoms with Crippen molar-refractivity contribution < 1.29 is 17.6 Å². The van der Waals surface area contributed by atoms with Gasteiger partial charge in [-0.2, -0.15) is 13.2 Å². The van der Waals surface area contributed by atoms with E-state index < -0.39 is 24.0 Å². The Balaban J connectivity index is 2.37. The maximum atomic E-state index is 13.4. The molecule has 0 bridgehead atoms. The van der Waals surface area contributed by atoms with Crippen LogP contribution in [0.2, 0.25) is 0 Å². The van der Waals surface area contributed by atoms with Crippen LogP contribution >= 0.6 is 0 Å². The van der Waals surface area contributed by atoms with Crippen molar-refractivity contribution in [3.05, 3.63) is 35.1 Å². The van der Waals surface area contributed by atoms with Crippen molar-refractivity contribution in [1.82, 2.24) is 5.32 Å². The molecule has 0 radical (unpaired) electrons. The van der Waals surface area contributed by atoms with E-state index >= 15 is 0 Å². The third-order valence-electron chi connectivity index (χ3n) is 3.52. The van der Waals surface area contributed by atoms with Crippen molar-refractivity contribution in [2.75, 3.05) is 6.54 Å². The first kappa shape index (κ1) is 13.3. The largest absolute Gasteiger partial charge is 0.393 e. The molecule has 18 heavy (non-hydrogen) atoms. The Morgan fingerprint density at radius 3 is 2.67 bits per heavy atom. The fraction of sp³-hybridized carbons (Fsp3) is 0.538. The van der Waals surface area contributed by atoms with Crippen molar-refractivity contribution in [1.29, 1.82) is 0 Å². The Labute approximate surface area is 103 Å². The lowest BCUT2D eigenvalue weighted by Crippen LogP contribution is -2.41. The second kappa shape index (κ2) is 4.88. The van der Waals surface area contributed by atoms with Crippen molar-refractivity contribution in [2.24, 2.45) is 5.92 Å². The molecule has 1 aromatic carbocycles. The quantitative estimate of drug-likeness (QED) is 0.759. The summed E-state index contributed by atoms with van der Waals surface area (Å²) in [5, 5.41) is 2.87. The summed E-state index contributed by atoms with van der Waals surface area (Å²) in [6.07, 6.45) is -3.66. The number of hydrogen-bond acceptors (Lipinski definition) is 1. The molecule has 2 unspecified atom stereocenters. The van der Waals surface area contributed by atoms with Crippen LogP contribution in [-0.4, -0.2) is 12.7 Å². The summed E-state index contributed by atoms with van der Waals surface area (Å²) in [4.78, 5) is 0. The predicted molar refractivity (Wildman–Crippen MR) is 60.7 cm³/mol. The molecule has 2 atom stereocenters. The number of nitrogens with one attached hydrogen (secondary N) is 1.